The van der Waals surface area contributed by atoms with E-state index in [4.69, 9.17) is 26.8 Å². The van der Waals surface area contributed by atoms with Crippen molar-refractivity contribution >= 4 is 17.3 Å². The van der Waals surface area contributed by atoms with E-state index in [1.54, 1.807) is 6.07 Å². The highest BCUT2D eigenvalue weighted by Crippen LogP contribution is 2.30. The van der Waals surface area contributed by atoms with Crippen LogP contribution in [-0.4, -0.2) is 7.11 Å². The molecule has 2 N–H and O–H groups in total. The van der Waals surface area contributed by atoms with Gasteiger partial charge in [0.05, 0.1) is 12.8 Å². The minimum atomic E-state index is -0.537. The normalized spacial score (nSPS) is 10.3. The van der Waals surface area contributed by atoms with Gasteiger partial charge in [0.25, 0.3) is 0 Å². The second-order valence-corrected chi connectivity index (χ2v) is 4.31. The molecule has 19 heavy (non-hydrogen) atoms. The smallest absolute Gasteiger partial charge is 0.167 e. The zero-order valence-electron chi connectivity index (χ0n) is 10.3. The first-order valence-corrected chi connectivity index (χ1v) is 5.99. The molecule has 2 aromatic rings. The molecule has 0 aliphatic rings. The van der Waals surface area contributed by atoms with Crippen molar-refractivity contribution in [2.45, 2.75) is 6.61 Å². The van der Waals surface area contributed by atoms with E-state index in [1.807, 2.05) is 18.2 Å². The van der Waals surface area contributed by atoms with Crippen molar-refractivity contribution in [1.82, 2.24) is 0 Å². The summed E-state index contributed by atoms with van der Waals surface area (Å²) in [5.74, 6) is -0.0909. The SMILES string of the molecule is COc1cc(OCc2ccccc2Cl)c(F)cc1N. The molecule has 2 aromatic carbocycles. The number of hydrogen-bond donors (Lipinski definition) is 1. The van der Waals surface area contributed by atoms with Crippen molar-refractivity contribution < 1.29 is 13.9 Å². The molecule has 2 rings (SSSR count). The van der Waals surface area contributed by atoms with Crippen LogP contribution >= 0.6 is 11.6 Å². The molecule has 3 nitrogen and oxygen atoms in total. The van der Waals surface area contributed by atoms with Crippen LogP contribution in [0.1, 0.15) is 5.56 Å². The van der Waals surface area contributed by atoms with Crippen LogP contribution in [0, 0.1) is 5.82 Å². The highest BCUT2D eigenvalue weighted by Gasteiger charge is 2.10. The molecule has 0 amide bonds. The number of benzene rings is 2. The summed E-state index contributed by atoms with van der Waals surface area (Å²) in [6, 6.07) is 9.81. The lowest BCUT2D eigenvalue weighted by molar-refractivity contribution is 0.288. The lowest BCUT2D eigenvalue weighted by Crippen LogP contribution is -2.00. The molecule has 0 fully saturated rings. The predicted octanol–water partition coefficient (Wildman–Crippen LogP) is 3.65. The molecular weight excluding hydrogens is 269 g/mol. The van der Waals surface area contributed by atoms with Gasteiger partial charge in [-0.2, -0.15) is 0 Å². The van der Waals surface area contributed by atoms with Gasteiger partial charge in [-0.15, -0.1) is 0 Å². The molecule has 100 valence electrons. The van der Waals surface area contributed by atoms with Crippen LogP contribution in [0.5, 0.6) is 11.5 Å². The third-order valence-electron chi connectivity index (χ3n) is 2.63. The number of hydrogen-bond acceptors (Lipinski definition) is 3. The maximum atomic E-state index is 13.7. The Morgan fingerprint density at radius 3 is 2.63 bits per heavy atom. The Morgan fingerprint density at radius 1 is 1.21 bits per heavy atom. The van der Waals surface area contributed by atoms with Gasteiger partial charge in [-0.25, -0.2) is 4.39 Å². The first-order chi connectivity index (χ1) is 9.11. The summed E-state index contributed by atoms with van der Waals surface area (Å²) in [6.07, 6.45) is 0. The first kappa shape index (κ1) is 13.5. The molecule has 0 aromatic heterocycles. The average molecular weight is 282 g/mol. The average Bonchev–Trinajstić information content (AvgIpc) is 2.39. The largest absolute Gasteiger partial charge is 0.494 e. The molecule has 0 aliphatic carbocycles. The Bertz CT molecular complexity index is 590. The van der Waals surface area contributed by atoms with E-state index in [1.165, 1.54) is 19.2 Å². The maximum Gasteiger partial charge on any atom is 0.167 e. The minimum Gasteiger partial charge on any atom is -0.494 e. The molecule has 0 bridgehead atoms. The Labute approximate surface area is 115 Å². The Balaban J connectivity index is 2.18. The summed E-state index contributed by atoms with van der Waals surface area (Å²) in [5, 5.41) is 0.574. The third kappa shape index (κ3) is 3.09. The standard InChI is InChI=1S/C14H13ClFNO2/c1-18-14-7-13(11(16)6-12(14)17)19-8-9-4-2-3-5-10(9)15/h2-7H,8,17H2,1H3. The third-order valence-corrected chi connectivity index (χ3v) is 2.99. The number of halogens is 2. The van der Waals surface area contributed by atoms with Crippen molar-refractivity contribution in [3.63, 3.8) is 0 Å². The Kier molecular flexibility index (Phi) is 4.12. The van der Waals surface area contributed by atoms with E-state index < -0.39 is 5.82 Å². The number of anilines is 1. The highest BCUT2D eigenvalue weighted by atomic mass is 35.5. The van der Waals surface area contributed by atoms with Crippen LogP contribution in [0.3, 0.4) is 0 Å². The van der Waals surface area contributed by atoms with Gasteiger partial charge in [0, 0.05) is 22.7 Å². The van der Waals surface area contributed by atoms with Crippen LogP contribution in [0.4, 0.5) is 10.1 Å². The molecule has 0 heterocycles. The fourth-order valence-electron chi connectivity index (χ4n) is 1.61. The number of methoxy groups -OCH3 is 1. The molecular formula is C14H13ClFNO2. The topological polar surface area (TPSA) is 44.5 Å². The van der Waals surface area contributed by atoms with E-state index in [9.17, 15) is 4.39 Å². The highest BCUT2D eigenvalue weighted by molar-refractivity contribution is 6.31. The summed E-state index contributed by atoms with van der Waals surface area (Å²) >= 11 is 6.00. The molecule has 0 unspecified atom stereocenters. The molecule has 0 aliphatic heterocycles. The fourth-order valence-corrected chi connectivity index (χ4v) is 1.80. The monoisotopic (exact) mass is 281 g/mol. The maximum absolute atomic E-state index is 13.7. The predicted molar refractivity (Wildman–Crippen MR) is 73.1 cm³/mol. The van der Waals surface area contributed by atoms with E-state index >= 15 is 0 Å². The molecule has 0 saturated carbocycles. The van der Waals surface area contributed by atoms with Gasteiger partial charge in [0.1, 0.15) is 12.4 Å². The van der Waals surface area contributed by atoms with Crippen molar-refractivity contribution in [2.75, 3.05) is 12.8 Å². The van der Waals surface area contributed by atoms with Crippen LogP contribution in [-0.2, 0) is 6.61 Å². The summed E-state index contributed by atoms with van der Waals surface area (Å²) in [6.45, 7) is 0.170. The lowest BCUT2D eigenvalue weighted by Gasteiger charge is -2.11. The van der Waals surface area contributed by atoms with Crippen LogP contribution in [0.2, 0.25) is 5.02 Å². The van der Waals surface area contributed by atoms with Crippen molar-refractivity contribution in [2.24, 2.45) is 0 Å². The Hall–Kier alpha value is -1.94. The van der Waals surface area contributed by atoms with E-state index in [-0.39, 0.29) is 18.0 Å². The van der Waals surface area contributed by atoms with E-state index in [2.05, 4.69) is 0 Å². The van der Waals surface area contributed by atoms with Crippen molar-refractivity contribution in [3.8, 4) is 11.5 Å². The summed E-state index contributed by atoms with van der Waals surface area (Å²) < 4.78 is 24.1. The van der Waals surface area contributed by atoms with Gasteiger partial charge in [-0.1, -0.05) is 29.8 Å². The van der Waals surface area contributed by atoms with E-state index in [0.717, 1.165) is 5.56 Å². The van der Waals surface area contributed by atoms with Gasteiger partial charge in [0.15, 0.2) is 11.6 Å². The zero-order chi connectivity index (χ0) is 13.8. The molecule has 0 saturated heterocycles. The van der Waals surface area contributed by atoms with Crippen LogP contribution in [0.15, 0.2) is 36.4 Å². The van der Waals surface area contributed by atoms with Crippen LogP contribution in [0.25, 0.3) is 0 Å². The lowest BCUT2D eigenvalue weighted by atomic mass is 10.2. The number of rotatable bonds is 4. The molecule has 0 atom stereocenters. The molecule has 0 spiro atoms. The minimum absolute atomic E-state index is 0.0750. The second kappa shape index (κ2) is 5.80. The number of ether oxygens (including phenoxy) is 2. The van der Waals surface area contributed by atoms with Crippen molar-refractivity contribution in [1.29, 1.82) is 0 Å². The van der Waals surface area contributed by atoms with Crippen LogP contribution < -0.4 is 15.2 Å². The van der Waals surface area contributed by atoms with Gasteiger partial charge in [-0.05, 0) is 6.07 Å². The fraction of sp³-hybridized carbons (Fsp3) is 0.143. The number of nitrogen functional groups attached to an aromatic ring is 1. The number of nitrogens with two attached hydrogens (primary N) is 1. The summed E-state index contributed by atoms with van der Waals surface area (Å²) in [7, 11) is 1.46. The second-order valence-electron chi connectivity index (χ2n) is 3.90. The molecule has 0 radical (unpaired) electrons. The molecule has 5 heteroatoms. The van der Waals surface area contributed by atoms with Crippen molar-refractivity contribution in [3.05, 3.63) is 52.8 Å². The van der Waals surface area contributed by atoms with Gasteiger partial charge in [0.2, 0.25) is 0 Å². The van der Waals surface area contributed by atoms with Gasteiger partial charge >= 0.3 is 0 Å². The van der Waals surface area contributed by atoms with Gasteiger partial charge < -0.3 is 15.2 Å². The van der Waals surface area contributed by atoms with E-state index in [0.29, 0.717) is 10.8 Å². The quantitative estimate of drug-likeness (QED) is 0.870. The van der Waals surface area contributed by atoms with Gasteiger partial charge in [-0.3, -0.25) is 0 Å². The summed E-state index contributed by atoms with van der Waals surface area (Å²) in [4.78, 5) is 0. The first-order valence-electron chi connectivity index (χ1n) is 5.61. The zero-order valence-corrected chi connectivity index (χ0v) is 11.1. The Morgan fingerprint density at radius 2 is 1.95 bits per heavy atom. The summed E-state index contributed by atoms with van der Waals surface area (Å²) in [5.41, 5.74) is 6.59.